The van der Waals surface area contributed by atoms with Crippen LogP contribution in [0.3, 0.4) is 0 Å². The first-order valence-electron chi connectivity index (χ1n) is 8.62. The molecule has 2 rings (SSSR count). The normalized spacial score (nSPS) is 11.5. The van der Waals surface area contributed by atoms with E-state index in [0.29, 0.717) is 32.3 Å². The molecule has 0 saturated carbocycles. The summed E-state index contributed by atoms with van der Waals surface area (Å²) in [5.74, 6) is 2.42. The minimum Gasteiger partial charge on any atom is -0.493 e. The highest BCUT2D eigenvalue weighted by Gasteiger charge is 2.07. The van der Waals surface area contributed by atoms with Crippen LogP contribution in [0.25, 0.3) is 0 Å². The molecule has 0 aliphatic carbocycles. The highest BCUT2D eigenvalue weighted by atomic mass is 16.5. The number of guanidine groups is 1. The predicted octanol–water partition coefficient (Wildman–Crippen LogP) is 1.40. The average Bonchev–Trinajstić information content (AvgIpc) is 3.05. The lowest BCUT2D eigenvalue weighted by atomic mass is 10.1. The van der Waals surface area contributed by atoms with Gasteiger partial charge in [0.15, 0.2) is 11.8 Å². The number of ether oxygens (including phenoxy) is 2. The Bertz CT molecular complexity index is 713. The predicted molar refractivity (Wildman–Crippen MR) is 101 cm³/mol. The number of benzene rings is 1. The van der Waals surface area contributed by atoms with Crippen molar-refractivity contribution in [3.05, 3.63) is 41.5 Å². The Morgan fingerprint density at radius 1 is 1.23 bits per heavy atom. The zero-order chi connectivity index (χ0) is 18.8. The number of nitrogens with one attached hydrogen (secondary N) is 2. The maximum absolute atomic E-state index is 5.92. The molecule has 0 bridgehead atoms. The SMILES string of the molecule is CN=C(NCc1ccc(C)cc1OCCCOC)NCc1nncn1C. The number of nitrogens with zero attached hydrogens (tertiary/aromatic N) is 4. The lowest BCUT2D eigenvalue weighted by Crippen LogP contribution is -2.37. The number of hydrogen-bond acceptors (Lipinski definition) is 5. The first-order chi connectivity index (χ1) is 12.6. The van der Waals surface area contributed by atoms with E-state index in [-0.39, 0.29) is 0 Å². The molecule has 0 fully saturated rings. The van der Waals surface area contributed by atoms with Crippen molar-refractivity contribution < 1.29 is 9.47 Å². The van der Waals surface area contributed by atoms with Gasteiger partial charge in [-0.3, -0.25) is 4.99 Å². The average molecular weight is 360 g/mol. The summed E-state index contributed by atoms with van der Waals surface area (Å²) in [6.07, 6.45) is 2.53. The fourth-order valence-electron chi connectivity index (χ4n) is 2.36. The van der Waals surface area contributed by atoms with Gasteiger partial charge >= 0.3 is 0 Å². The van der Waals surface area contributed by atoms with E-state index in [1.165, 1.54) is 5.56 Å². The number of methoxy groups -OCH3 is 1. The summed E-state index contributed by atoms with van der Waals surface area (Å²) in [6.45, 7) is 4.53. The van der Waals surface area contributed by atoms with Crippen LogP contribution in [0.2, 0.25) is 0 Å². The van der Waals surface area contributed by atoms with Gasteiger partial charge in [-0.15, -0.1) is 10.2 Å². The molecular formula is C18H28N6O2. The molecule has 0 atom stereocenters. The van der Waals surface area contributed by atoms with E-state index in [1.807, 2.05) is 11.6 Å². The molecule has 0 aliphatic heterocycles. The van der Waals surface area contributed by atoms with E-state index in [1.54, 1.807) is 20.5 Å². The summed E-state index contributed by atoms with van der Waals surface area (Å²) in [5, 5.41) is 14.5. The Balaban J connectivity index is 1.90. The van der Waals surface area contributed by atoms with Gasteiger partial charge in [0, 0.05) is 46.3 Å². The zero-order valence-corrected chi connectivity index (χ0v) is 16.0. The molecule has 142 valence electrons. The maximum Gasteiger partial charge on any atom is 0.191 e. The molecular weight excluding hydrogens is 332 g/mol. The Labute approximate surface area is 154 Å². The van der Waals surface area contributed by atoms with Crippen molar-refractivity contribution in [2.45, 2.75) is 26.4 Å². The Kier molecular flexibility index (Phi) is 7.88. The molecule has 1 aromatic heterocycles. The quantitative estimate of drug-likeness (QED) is 0.399. The van der Waals surface area contributed by atoms with Crippen LogP contribution < -0.4 is 15.4 Å². The van der Waals surface area contributed by atoms with Gasteiger partial charge in [-0.1, -0.05) is 12.1 Å². The largest absolute Gasteiger partial charge is 0.493 e. The summed E-state index contributed by atoms with van der Waals surface area (Å²) in [7, 11) is 5.34. The topological polar surface area (TPSA) is 85.6 Å². The second kappa shape index (κ2) is 10.4. The number of aliphatic imine (C=N–C) groups is 1. The molecule has 26 heavy (non-hydrogen) atoms. The summed E-state index contributed by atoms with van der Waals surface area (Å²) >= 11 is 0. The Hall–Kier alpha value is -2.61. The van der Waals surface area contributed by atoms with Crippen molar-refractivity contribution in [1.29, 1.82) is 0 Å². The molecule has 0 radical (unpaired) electrons. The van der Waals surface area contributed by atoms with Gasteiger partial charge in [0.2, 0.25) is 0 Å². The van der Waals surface area contributed by atoms with Crippen LogP contribution in [0.4, 0.5) is 0 Å². The van der Waals surface area contributed by atoms with Crippen molar-refractivity contribution in [3.63, 3.8) is 0 Å². The van der Waals surface area contributed by atoms with Crippen LogP contribution in [0.5, 0.6) is 5.75 Å². The van der Waals surface area contributed by atoms with E-state index < -0.39 is 0 Å². The van der Waals surface area contributed by atoms with E-state index in [2.05, 4.69) is 50.9 Å². The monoisotopic (exact) mass is 360 g/mol. The standard InChI is InChI=1S/C18H28N6O2/c1-14-6-7-15(16(10-14)26-9-5-8-25-4)11-20-18(19-2)21-12-17-23-22-13-24(17)3/h6-7,10,13H,5,8-9,11-12H2,1-4H3,(H2,19,20,21). The van der Waals surface area contributed by atoms with Crippen molar-refractivity contribution >= 4 is 5.96 Å². The summed E-state index contributed by atoms with van der Waals surface area (Å²) in [5.41, 5.74) is 2.25. The number of aryl methyl sites for hydroxylation is 2. The molecule has 0 saturated heterocycles. The van der Waals surface area contributed by atoms with Gasteiger partial charge in [-0.2, -0.15) is 0 Å². The molecule has 2 aromatic rings. The van der Waals surface area contributed by atoms with Crippen molar-refractivity contribution in [2.24, 2.45) is 12.0 Å². The molecule has 0 spiro atoms. The van der Waals surface area contributed by atoms with Crippen LogP contribution >= 0.6 is 0 Å². The van der Waals surface area contributed by atoms with Gasteiger partial charge in [-0.25, -0.2) is 0 Å². The number of rotatable bonds is 9. The third-order valence-electron chi connectivity index (χ3n) is 3.86. The molecule has 2 N–H and O–H groups in total. The molecule has 0 aliphatic rings. The first kappa shape index (κ1) is 19.7. The third kappa shape index (κ3) is 6.03. The maximum atomic E-state index is 5.92. The van der Waals surface area contributed by atoms with Gasteiger partial charge in [-0.05, 0) is 18.6 Å². The van der Waals surface area contributed by atoms with E-state index in [4.69, 9.17) is 9.47 Å². The van der Waals surface area contributed by atoms with E-state index >= 15 is 0 Å². The van der Waals surface area contributed by atoms with Crippen LogP contribution in [0.15, 0.2) is 29.5 Å². The van der Waals surface area contributed by atoms with Crippen LogP contribution in [0, 0.1) is 6.92 Å². The van der Waals surface area contributed by atoms with Gasteiger partial charge < -0.3 is 24.7 Å². The van der Waals surface area contributed by atoms with E-state index in [0.717, 1.165) is 23.6 Å². The lowest BCUT2D eigenvalue weighted by Gasteiger charge is -2.15. The van der Waals surface area contributed by atoms with Gasteiger partial charge in [0.05, 0.1) is 13.2 Å². The minimum atomic E-state index is 0.546. The third-order valence-corrected chi connectivity index (χ3v) is 3.86. The van der Waals surface area contributed by atoms with Crippen LogP contribution in [0.1, 0.15) is 23.4 Å². The minimum absolute atomic E-state index is 0.546. The summed E-state index contributed by atoms with van der Waals surface area (Å²) < 4.78 is 12.9. The second-order valence-electron chi connectivity index (χ2n) is 5.94. The van der Waals surface area contributed by atoms with Crippen LogP contribution in [-0.4, -0.2) is 48.1 Å². The highest BCUT2D eigenvalue weighted by molar-refractivity contribution is 5.79. The van der Waals surface area contributed by atoms with Crippen molar-refractivity contribution in [3.8, 4) is 5.75 Å². The van der Waals surface area contributed by atoms with Crippen molar-refractivity contribution in [1.82, 2.24) is 25.4 Å². The first-order valence-corrected chi connectivity index (χ1v) is 8.62. The van der Waals surface area contributed by atoms with Crippen molar-refractivity contribution in [2.75, 3.05) is 27.4 Å². The fourth-order valence-corrected chi connectivity index (χ4v) is 2.36. The van der Waals surface area contributed by atoms with Crippen LogP contribution in [-0.2, 0) is 24.9 Å². The lowest BCUT2D eigenvalue weighted by molar-refractivity contribution is 0.171. The molecule has 0 unspecified atom stereocenters. The zero-order valence-electron chi connectivity index (χ0n) is 16.0. The molecule has 8 nitrogen and oxygen atoms in total. The summed E-state index contributed by atoms with van der Waals surface area (Å²) in [6, 6.07) is 6.21. The molecule has 1 heterocycles. The van der Waals surface area contributed by atoms with E-state index in [9.17, 15) is 0 Å². The molecule has 1 aromatic carbocycles. The van der Waals surface area contributed by atoms with Gasteiger partial charge in [0.1, 0.15) is 12.1 Å². The Morgan fingerprint density at radius 2 is 2.04 bits per heavy atom. The number of hydrogen-bond donors (Lipinski definition) is 2. The Morgan fingerprint density at radius 3 is 2.73 bits per heavy atom. The van der Waals surface area contributed by atoms with Gasteiger partial charge in [0.25, 0.3) is 0 Å². The highest BCUT2D eigenvalue weighted by Crippen LogP contribution is 2.20. The smallest absolute Gasteiger partial charge is 0.191 e. The summed E-state index contributed by atoms with van der Waals surface area (Å²) in [4.78, 5) is 4.25. The molecule has 8 heteroatoms. The number of aromatic nitrogens is 3. The molecule has 0 amide bonds. The second-order valence-corrected chi connectivity index (χ2v) is 5.94. The fraction of sp³-hybridized carbons (Fsp3) is 0.500.